The minimum Gasteiger partial charge on any atom is -0.465 e. The summed E-state index contributed by atoms with van der Waals surface area (Å²) in [5.74, 6) is 0.465. The molecular formula is C25H33N3O5S. The van der Waals surface area contributed by atoms with E-state index in [0.29, 0.717) is 34.8 Å². The van der Waals surface area contributed by atoms with Crippen LogP contribution >= 0.6 is 11.8 Å². The molecule has 2 aliphatic rings. The molecule has 34 heavy (non-hydrogen) atoms. The zero-order valence-electron chi connectivity index (χ0n) is 20.1. The zero-order chi connectivity index (χ0) is 24.2. The van der Waals surface area contributed by atoms with Crippen LogP contribution in [0.3, 0.4) is 0 Å². The normalized spacial score (nSPS) is 22.6. The van der Waals surface area contributed by atoms with Gasteiger partial charge in [0.05, 0.1) is 42.0 Å². The molecule has 1 amide bonds. The van der Waals surface area contributed by atoms with Crippen LogP contribution in [0.1, 0.15) is 55.8 Å². The predicted octanol–water partition coefficient (Wildman–Crippen LogP) is 3.49. The average Bonchev–Trinajstić information content (AvgIpc) is 3.37. The summed E-state index contributed by atoms with van der Waals surface area (Å²) in [6.07, 6.45) is 6.15. The summed E-state index contributed by atoms with van der Waals surface area (Å²) < 4.78 is 12.2. The Kier molecular flexibility index (Phi) is 7.93. The highest BCUT2D eigenvalue weighted by molar-refractivity contribution is 7.99. The number of amides is 1. The first kappa shape index (κ1) is 24.7. The standard InChI is InChI=1S/C25H33N3O5S/c1-16-6-9-18(10-7-16)27(2)22(29)15-34-25-26-21-13-17(24(31)32-3)8-11-20(21)23(30)28(25)14-19-5-4-12-33-19/h8,11,13,16,18-19H,4-7,9-10,12,14-15H2,1-3H3. The number of hydrogen-bond acceptors (Lipinski definition) is 7. The third kappa shape index (κ3) is 5.46. The van der Waals surface area contributed by atoms with Crippen LogP contribution in [0.25, 0.3) is 10.9 Å². The summed E-state index contributed by atoms with van der Waals surface area (Å²) in [5.41, 5.74) is 0.555. The lowest BCUT2D eigenvalue weighted by Crippen LogP contribution is -2.40. The van der Waals surface area contributed by atoms with E-state index in [1.54, 1.807) is 22.8 Å². The number of benzene rings is 1. The zero-order valence-corrected chi connectivity index (χ0v) is 20.9. The fourth-order valence-corrected chi connectivity index (χ4v) is 5.70. The number of methoxy groups -OCH3 is 1. The lowest BCUT2D eigenvalue weighted by molar-refractivity contribution is -0.129. The minimum absolute atomic E-state index is 0.0332. The number of hydrogen-bond donors (Lipinski definition) is 0. The van der Waals surface area contributed by atoms with E-state index in [0.717, 1.165) is 44.4 Å². The molecule has 0 N–H and O–H groups in total. The van der Waals surface area contributed by atoms with E-state index in [4.69, 9.17) is 14.5 Å². The SMILES string of the molecule is COC(=O)c1ccc2c(=O)n(CC3CCCO3)c(SCC(=O)N(C)C3CCC(C)CC3)nc2c1. The van der Waals surface area contributed by atoms with Gasteiger partial charge in [0.15, 0.2) is 5.16 Å². The summed E-state index contributed by atoms with van der Waals surface area (Å²) in [6, 6.07) is 5.02. The fraction of sp³-hybridized carbons (Fsp3) is 0.600. The van der Waals surface area contributed by atoms with Gasteiger partial charge in [0.2, 0.25) is 5.91 Å². The van der Waals surface area contributed by atoms with Gasteiger partial charge in [-0.25, -0.2) is 9.78 Å². The summed E-state index contributed by atoms with van der Waals surface area (Å²) in [5, 5.41) is 0.892. The molecule has 0 spiro atoms. The van der Waals surface area contributed by atoms with Crippen LogP contribution in [0.15, 0.2) is 28.2 Å². The Bertz CT molecular complexity index is 1100. The molecule has 1 aliphatic carbocycles. The number of aromatic nitrogens is 2. The molecule has 9 heteroatoms. The van der Waals surface area contributed by atoms with Crippen molar-refractivity contribution in [3.8, 4) is 0 Å². The van der Waals surface area contributed by atoms with Gasteiger partial charge in [-0.15, -0.1) is 0 Å². The van der Waals surface area contributed by atoms with Crippen LogP contribution in [0.5, 0.6) is 0 Å². The van der Waals surface area contributed by atoms with Crippen molar-refractivity contribution in [1.82, 2.24) is 14.5 Å². The molecule has 1 atom stereocenters. The molecule has 2 aromatic rings. The molecule has 0 radical (unpaired) electrons. The number of thioether (sulfide) groups is 1. The lowest BCUT2D eigenvalue weighted by Gasteiger charge is -2.33. The summed E-state index contributed by atoms with van der Waals surface area (Å²) in [4.78, 5) is 44.9. The van der Waals surface area contributed by atoms with Crippen molar-refractivity contribution in [3.63, 3.8) is 0 Å². The predicted molar refractivity (Wildman–Crippen MR) is 131 cm³/mol. The molecule has 8 nitrogen and oxygen atoms in total. The molecule has 184 valence electrons. The third-order valence-corrected chi connectivity index (χ3v) is 7.96. The van der Waals surface area contributed by atoms with Crippen molar-refractivity contribution in [2.45, 2.75) is 69.3 Å². The second kappa shape index (κ2) is 10.9. The van der Waals surface area contributed by atoms with Gasteiger partial charge < -0.3 is 14.4 Å². The highest BCUT2D eigenvalue weighted by Crippen LogP contribution is 2.28. The molecule has 1 aliphatic heterocycles. The van der Waals surface area contributed by atoms with Crippen LogP contribution in [0.4, 0.5) is 0 Å². The highest BCUT2D eigenvalue weighted by Gasteiger charge is 2.26. The number of esters is 1. The Morgan fingerprint density at radius 2 is 2.00 bits per heavy atom. The second-order valence-electron chi connectivity index (χ2n) is 9.38. The molecule has 2 heterocycles. The molecule has 1 aromatic heterocycles. The maximum Gasteiger partial charge on any atom is 0.337 e. The first-order valence-corrected chi connectivity index (χ1v) is 13.0. The Hall–Kier alpha value is -2.39. The maximum atomic E-state index is 13.4. The molecule has 0 bridgehead atoms. The van der Waals surface area contributed by atoms with E-state index in [9.17, 15) is 14.4 Å². The van der Waals surface area contributed by atoms with Crippen molar-refractivity contribution in [3.05, 3.63) is 34.1 Å². The van der Waals surface area contributed by atoms with Crippen molar-refractivity contribution in [2.24, 2.45) is 5.92 Å². The van der Waals surface area contributed by atoms with Crippen LogP contribution < -0.4 is 5.56 Å². The van der Waals surface area contributed by atoms with Crippen molar-refractivity contribution in [1.29, 1.82) is 0 Å². The fourth-order valence-electron chi connectivity index (χ4n) is 4.77. The monoisotopic (exact) mass is 487 g/mol. The van der Waals surface area contributed by atoms with Gasteiger partial charge in [0, 0.05) is 19.7 Å². The highest BCUT2D eigenvalue weighted by atomic mass is 32.2. The number of carbonyl (C=O) groups is 2. The Morgan fingerprint density at radius 1 is 1.24 bits per heavy atom. The lowest BCUT2D eigenvalue weighted by atomic mass is 9.87. The quantitative estimate of drug-likeness (QED) is 0.335. The first-order chi connectivity index (χ1) is 16.4. The van der Waals surface area contributed by atoms with Gasteiger partial charge >= 0.3 is 5.97 Å². The van der Waals surface area contributed by atoms with Crippen LogP contribution in [0, 0.1) is 5.92 Å². The van der Waals surface area contributed by atoms with Gasteiger partial charge in [-0.1, -0.05) is 18.7 Å². The van der Waals surface area contributed by atoms with Gasteiger partial charge in [-0.3, -0.25) is 14.2 Å². The van der Waals surface area contributed by atoms with Gasteiger partial charge in [0.1, 0.15) is 0 Å². The maximum absolute atomic E-state index is 13.4. The number of carbonyl (C=O) groups excluding carboxylic acids is 2. The van der Waals surface area contributed by atoms with Crippen molar-refractivity contribution < 1.29 is 19.1 Å². The molecular weight excluding hydrogens is 454 g/mol. The molecule has 1 unspecified atom stereocenters. The average molecular weight is 488 g/mol. The largest absolute Gasteiger partial charge is 0.465 e. The number of ether oxygens (including phenoxy) is 2. The van der Waals surface area contributed by atoms with E-state index in [-0.39, 0.29) is 29.4 Å². The van der Waals surface area contributed by atoms with Crippen molar-refractivity contribution >= 4 is 34.5 Å². The van der Waals surface area contributed by atoms with Gasteiger partial charge in [0.25, 0.3) is 5.56 Å². The summed E-state index contributed by atoms with van der Waals surface area (Å²) in [7, 11) is 3.19. The summed E-state index contributed by atoms with van der Waals surface area (Å²) >= 11 is 1.27. The molecule has 1 saturated carbocycles. The topological polar surface area (TPSA) is 90.7 Å². The van der Waals surface area contributed by atoms with E-state index in [1.165, 1.54) is 18.9 Å². The Balaban J connectivity index is 1.59. The number of nitrogens with zero attached hydrogens (tertiary/aromatic N) is 3. The smallest absolute Gasteiger partial charge is 0.337 e. The first-order valence-electron chi connectivity index (χ1n) is 12.0. The van der Waals surface area contributed by atoms with E-state index in [1.807, 2.05) is 11.9 Å². The Morgan fingerprint density at radius 3 is 2.68 bits per heavy atom. The minimum atomic E-state index is -0.486. The van der Waals surface area contributed by atoms with Crippen molar-refractivity contribution in [2.75, 3.05) is 26.5 Å². The van der Waals surface area contributed by atoms with E-state index in [2.05, 4.69) is 6.92 Å². The molecule has 1 saturated heterocycles. The second-order valence-corrected chi connectivity index (χ2v) is 10.3. The molecule has 4 rings (SSSR count). The third-order valence-electron chi connectivity index (χ3n) is 7.00. The molecule has 1 aromatic carbocycles. The van der Waals surface area contributed by atoms with E-state index >= 15 is 0 Å². The van der Waals surface area contributed by atoms with E-state index < -0.39 is 5.97 Å². The van der Waals surface area contributed by atoms with Gasteiger partial charge in [-0.05, 0) is 62.6 Å². The van der Waals surface area contributed by atoms with Crippen LogP contribution in [-0.4, -0.2) is 65.0 Å². The number of rotatable bonds is 7. The van der Waals surface area contributed by atoms with Crippen LogP contribution in [-0.2, 0) is 20.8 Å². The van der Waals surface area contributed by atoms with Crippen LogP contribution in [0.2, 0.25) is 0 Å². The summed E-state index contributed by atoms with van der Waals surface area (Å²) in [6.45, 7) is 3.35. The Labute approximate surface area is 204 Å². The molecule has 2 fully saturated rings. The number of fused-ring (bicyclic) bond motifs is 1. The van der Waals surface area contributed by atoms with Gasteiger partial charge in [-0.2, -0.15) is 0 Å².